The van der Waals surface area contributed by atoms with Crippen LogP contribution in [0, 0.1) is 0 Å². The van der Waals surface area contributed by atoms with Crippen LogP contribution < -0.4 is 0 Å². The van der Waals surface area contributed by atoms with Gasteiger partial charge in [-0.15, -0.1) is 0 Å². The molecule has 3 rings (SSSR count). The van der Waals surface area contributed by atoms with Gasteiger partial charge in [0.25, 0.3) is 0 Å². The Hall–Kier alpha value is -2.88. The molecule has 0 amide bonds. The molecule has 1 heterocycles. The Bertz CT molecular complexity index is 730. The summed E-state index contributed by atoms with van der Waals surface area (Å²) in [7, 11) is 0. The normalized spacial score (nSPS) is 10.4. The SMILES string of the molecule is O=C(O)c1ccc(-c2ncc(-c3ccccc3)o2)cc1. The number of nitrogens with zero attached hydrogens (tertiary/aromatic N) is 1. The van der Waals surface area contributed by atoms with Gasteiger partial charge in [0.1, 0.15) is 0 Å². The van der Waals surface area contributed by atoms with Crippen molar-refractivity contribution in [2.45, 2.75) is 0 Å². The monoisotopic (exact) mass is 265 g/mol. The minimum atomic E-state index is -0.950. The zero-order valence-electron chi connectivity index (χ0n) is 10.5. The number of hydrogen-bond acceptors (Lipinski definition) is 3. The van der Waals surface area contributed by atoms with Crippen molar-refractivity contribution >= 4 is 5.97 Å². The Kier molecular flexibility index (Phi) is 3.05. The number of carboxylic acid groups (broad SMARTS) is 1. The maximum absolute atomic E-state index is 10.8. The predicted octanol–water partition coefficient (Wildman–Crippen LogP) is 3.71. The lowest BCUT2D eigenvalue weighted by atomic mass is 10.1. The topological polar surface area (TPSA) is 63.3 Å². The first-order chi connectivity index (χ1) is 9.74. The average Bonchev–Trinajstić information content (AvgIpc) is 2.98. The molecule has 4 nitrogen and oxygen atoms in total. The smallest absolute Gasteiger partial charge is 0.335 e. The van der Waals surface area contributed by atoms with E-state index >= 15 is 0 Å². The molecule has 0 saturated carbocycles. The van der Waals surface area contributed by atoms with Gasteiger partial charge in [0, 0.05) is 11.1 Å². The third kappa shape index (κ3) is 2.31. The molecule has 0 atom stereocenters. The highest BCUT2D eigenvalue weighted by Crippen LogP contribution is 2.25. The van der Waals surface area contributed by atoms with E-state index in [0.717, 1.165) is 11.1 Å². The summed E-state index contributed by atoms with van der Waals surface area (Å²) in [6, 6.07) is 16.1. The maximum atomic E-state index is 10.8. The number of aromatic carboxylic acids is 1. The molecule has 2 aromatic carbocycles. The van der Waals surface area contributed by atoms with E-state index in [1.54, 1.807) is 18.3 Å². The quantitative estimate of drug-likeness (QED) is 0.784. The van der Waals surface area contributed by atoms with Gasteiger partial charge in [-0.3, -0.25) is 0 Å². The summed E-state index contributed by atoms with van der Waals surface area (Å²) in [6.45, 7) is 0. The molecule has 0 aliphatic carbocycles. The summed E-state index contributed by atoms with van der Waals surface area (Å²) in [6.07, 6.45) is 1.66. The molecule has 0 spiro atoms. The van der Waals surface area contributed by atoms with Crippen LogP contribution in [0.15, 0.2) is 65.2 Å². The predicted molar refractivity (Wildman–Crippen MR) is 74.3 cm³/mol. The largest absolute Gasteiger partial charge is 0.478 e. The molecule has 0 radical (unpaired) electrons. The number of hydrogen-bond donors (Lipinski definition) is 1. The van der Waals surface area contributed by atoms with Crippen molar-refractivity contribution in [1.29, 1.82) is 0 Å². The lowest BCUT2D eigenvalue weighted by Gasteiger charge is -1.98. The Morgan fingerprint density at radius 3 is 2.30 bits per heavy atom. The second-order valence-corrected chi connectivity index (χ2v) is 4.28. The number of carboxylic acids is 1. The number of carbonyl (C=O) groups is 1. The Balaban J connectivity index is 1.92. The van der Waals surface area contributed by atoms with Crippen molar-refractivity contribution in [3.05, 3.63) is 66.4 Å². The van der Waals surface area contributed by atoms with E-state index in [2.05, 4.69) is 4.98 Å². The minimum Gasteiger partial charge on any atom is -0.478 e. The Labute approximate surface area is 115 Å². The molecule has 20 heavy (non-hydrogen) atoms. The van der Waals surface area contributed by atoms with Crippen molar-refractivity contribution in [2.75, 3.05) is 0 Å². The molecule has 1 aromatic heterocycles. The van der Waals surface area contributed by atoms with Gasteiger partial charge in [0.2, 0.25) is 5.89 Å². The third-order valence-corrected chi connectivity index (χ3v) is 2.94. The van der Waals surface area contributed by atoms with Crippen LogP contribution >= 0.6 is 0 Å². The molecule has 98 valence electrons. The molecule has 0 aliphatic heterocycles. The zero-order valence-corrected chi connectivity index (χ0v) is 10.5. The van der Waals surface area contributed by atoms with Gasteiger partial charge in [0.05, 0.1) is 11.8 Å². The molecular formula is C16H11NO3. The zero-order chi connectivity index (χ0) is 13.9. The molecule has 0 bridgehead atoms. The van der Waals surface area contributed by atoms with Crippen LogP contribution in [0.4, 0.5) is 0 Å². The van der Waals surface area contributed by atoms with Gasteiger partial charge < -0.3 is 9.52 Å². The highest BCUT2D eigenvalue weighted by atomic mass is 16.4. The fourth-order valence-electron chi connectivity index (χ4n) is 1.90. The van der Waals surface area contributed by atoms with Crippen LogP contribution in [-0.4, -0.2) is 16.1 Å². The molecule has 4 heteroatoms. The summed E-state index contributed by atoms with van der Waals surface area (Å²) in [4.78, 5) is 15.0. The highest BCUT2D eigenvalue weighted by molar-refractivity contribution is 5.88. The number of oxazole rings is 1. The number of aromatic nitrogens is 1. The van der Waals surface area contributed by atoms with Crippen LogP contribution in [0.5, 0.6) is 0 Å². The summed E-state index contributed by atoms with van der Waals surface area (Å²) in [5.74, 6) is 0.206. The lowest BCUT2D eigenvalue weighted by molar-refractivity contribution is 0.0697. The first-order valence-electron chi connectivity index (χ1n) is 6.09. The van der Waals surface area contributed by atoms with Crippen molar-refractivity contribution < 1.29 is 14.3 Å². The van der Waals surface area contributed by atoms with E-state index in [1.807, 2.05) is 30.3 Å². The fourth-order valence-corrected chi connectivity index (χ4v) is 1.90. The van der Waals surface area contributed by atoms with E-state index in [9.17, 15) is 4.79 Å². The van der Waals surface area contributed by atoms with Crippen molar-refractivity contribution in [3.8, 4) is 22.8 Å². The molecule has 1 N–H and O–H groups in total. The van der Waals surface area contributed by atoms with Crippen LogP contribution in [0.3, 0.4) is 0 Å². The van der Waals surface area contributed by atoms with E-state index in [0.29, 0.717) is 11.7 Å². The summed E-state index contributed by atoms with van der Waals surface area (Å²) in [5.41, 5.74) is 1.94. The van der Waals surface area contributed by atoms with Crippen molar-refractivity contribution in [2.24, 2.45) is 0 Å². The lowest BCUT2D eigenvalue weighted by Crippen LogP contribution is -1.94. The van der Waals surface area contributed by atoms with Gasteiger partial charge in [0.15, 0.2) is 5.76 Å². The van der Waals surface area contributed by atoms with E-state index in [1.165, 1.54) is 12.1 Å². The second kappa shape index (κ2) is 5.01. The fraction of sp³-hybridized carbons (Fsp3) is 0. The molecule has 0 unspecified atom stereocenters. The second-order valence-electron chi connectivity index (χ2n) is 4.28. The molecule has 0 fully saturated rings. The van der Waals surface area contributed by atoms with Gasteiger partial charge in [-0.25, -0.2) is 9.78 Å². The molecule has 0 saturated heterocycles. The molecular weight excluding hydrogens is 254 g/mol. The van der Waals surface area contributed by atoms with Crippen LogP contribution in [0.25, 0.3) is 22.8 Å². The van der Waals surface area contributed by atoms with Crippen molar-refractivity contribution in [1.82, 2.24) is 4.98 Å². The number of benzene rings is 2. The average molecular weight is 265 g/mol. The maximum Gasteiger partial charge on any atom is 0.335 e. The third-order valence-electron chi connectivity index (χ3n) is 2.94. The summed E-state index contributed by atoms with van der Waals surface area (Å²) in [5, 5.41) is 8.86. The Morgan fingerprint density at radius 2 is 1.65 bits per heavy atom. The van der Waals surface area contributed by atoms with E-state index < -0.39 is 5.97 Å². The minimum absolute atomic E-state index is 0.239. The molecule has 3 aromatic rings. The first-order valence-corrected chi connectivity index (χ1v) is 6.09. The van der Waals surface area contributed by atoms with E-state index in [-0.39, 0.29) is 5.56 Å². The van der Waals surface area contributed by atoms with Crippen LogP contribution in [0.2, 0.25) is 0 Å². The summed E-state index contributed by atoms with van der Waals surface area (Å²) < 4.78 is 5.70. The molecule has 0 aliphatic rings. The van der Waals surface area contributed by atoms with Crippen molar-refractivity contribution in [3.63, 3.8) is 0 Å². The van der Waals surface area contributed by atoms with Crippen LogP contribution in [0.1, 0.15) is 10.4 Å². The first kappa shape index (κ1) is 12.2. The summed E-state index contributed by atoms with van der Waals surface area (Å²) >= 11 is 0. The van der Waals surface area contributed by atoms with Gasteiger partial charge in [-0.2, -0.15) is 0 Å². The van der Waals surface area contributed by atoms with Gasteiger partial charge in [-0.1, -0.05) is 30.3 Å². The van der Waals surface area contributed by atoms with Gasteiger partial charge >= 0.3 is 5.97 Å². The highest BCUT2D eigenvalue weighted by Gasteiger charge is 2.09. The Morgan fingerprint density at radius 1 is 0.950 bits per heavy atom. The van der Waals surface area contributed by atoms with Crippen LogP contribution in [-0.2, 0) is 0 Å². The van der Waals surface area contributed by atoms with E-state index in [4.69, 9.17) is 9.52 Å². The standard InChI is InChI=1S/C16H11NO3/c18-16(19)13-8-6-12(7-9-13)15-17-10-14(20-15)11-4-2-1-3-5-11/h1-10H,(H,18,19). The van der Waals surface area contributed by atoms with Gasteiger partial charge in [-0.05, 0) is 24.3 Å². The number of rotatable bonds is 3.